The molecule has 1 aliphatic heterocycles. The van der Waals surface area contributed by atoms with Crippen LogP contribution in [0.1, 0.15) is 61.2 Å². The fourth-order valence-electron chi connectivity index (χ4n) is 7.51. The highest BCUT2D eigenvalue weighted by atomic mass is 32.2. The lowest BCUT2D eigenvalue weighted by Crippen LogP contribution is -2.54. The number of nitrogens with one attached hydrogen (secondary N) is 3. The first-order chi connectivity index (χ1) is 23.1. The first-order valence-electron chi connectivity index (χ1n) is 16.6. The SMILES string of the molecule is CNc1nc(NC2CCN(Cc3ccc4c(cc(C#N)n4CC4(C(C)C)CC(NS(C)(=O)=O)C4)c3C)CC2)c2cc(CC(F)(F)F)sc2n1. The Balaban J connectivity index is 1.13. The smallest absolute Gasteiger partial charge is 0.367 e. The van der Waals surface area contributed by atoms with Gasteiger partial charge in [0.15, 0.2) is 0 Å². The van der Waals surface area contributed by atoms with Crippen molar-refractivity contribution in [2.45, 2.75) is 84.2 Å². The van der Waals surface area contributed by atoms with E-state index in [-0.39, 0.29) is 22.4 Å². The molecule has 15 heteroatoms. The van der Waals surface area contributed by atoms with Crippen molar-refractivity contribution in [3.8, 4) is 6.07 Å². The molecule has 1 saturated heterocycles. The third kappa shape index (κ3) is 7.67. The van der Waals surface area contributed by atoms with Crippen LogP contribution in [0.25, 0.3) is 21.1 Å². The van der Waals surface area contributed by atoms with Crippen molar-refractivity contribution in [3.05, 3.63) is 46.0 Å². The second-order valence-corrected chi connectivity index (χ2v) is 17.0. The lowest BCUT2D eigenvalue weighted by atomic mass is 9.59. The number of thiophene rings is 1. The Morgan fingerprint density at radius 2 is 1.84 bits per heavy atom. The molecular formula is C34H43F3N8O2S2. The average Bonchev–Trinajstić information content (AvgIpc) is 3.57. The van der Waals surface area contributed by atoms with E-state index >= 15 is 0 Å². The molecule has 4 heterocycles. The van der Waals surface area contributed by atoms with Gasteiger partial charge in [-0.3, -0.25) is 4.90 Å². The number of sulfonamides is 1. The Bertz CT molecular complexity index is 2000. The topological polar surface area (TPSA) is 128 Å². The Morgan fingerprint density at radius 1 is 1.12 bits per heavy atom. The number of nitrogens with zero attached hydrogens (tertiary/aromatic N) is 5. The molecule has 0 atom stereocenters. The molecule has 1 aliphatic carbocycles. The highest BCUT2D eigenvalue weighted by molar-refractivity contribution is 7.88. The molecule has 10 nitrogen and oxygen atoms in total. The van der Waals surface area contributed by atoms with E-state index in [4.69, 9.17) is 0 Å². The number of nitriles is 1. The fourth-order valence-corrected chi connectivity index (χ4v) is 9.34. The molecule has 2 fully saturated rings. The van der Waals surface area contributed by atoms with E-state index in [2.05, 4.69) is 73.8 Å². The average molecular weight is 717 g/mol. The van der Waals surface area contributed by atoms with Crippen molar-refractivity contribution in [3.63, 3.8) is 0 Å². The van der Waals surface area contributed by atoms with Gasteiger partial charge < -0.3 is 15.2 Å². The van der Waals surface area contributed by atoms with Gasteiger partial charge in [-0.25, -0.2) is 18.1 Å². The van der Waals surface area contributed by atoms with Crippen molar-refractivity contribution < 1.29 is 21.6 Å². The molecule has 0 spiro atoms. The molecule has 0 unspecified atom stereocenters. The molecule has 1 aromatic carbocycles. The highest BCUT2D eigenvalue weighted by Crippen LogP contribution is 2.49. The summed E-state index contributed by atoms with van der Waals surface area (Å²) < 4.78 is 67.7. The second-order valence-electron chi connectivity index (χ2n) is 14.1. The van der Waals surface area contributed by atoms with Crippen LogP contribution >= 0.6 is 11.3 Å². The molecule has 0 amide bonds. The maximum atomic E-state index is 13.1. The van der Waals surface area contributed by atoms with Gasteiger partial charge in [0.1, 0.15) is 22.4 Å². The van der Waals surface area contributed by atoms with Gasteiger partial charge in [0.25, 0.3) is 0 Å². The van der Waals surface area contributed by atoms with Crippen LogP contribution in [0.3, 0.4) is 0 Å². The van der Waals surface area contributed by atoms with E-state index in [0.29, 0.717) is 40.1 Å². The number of hydrogen-bond donors (Lipinski definition) is 3. The summed E-state index contributed by atoms with van der Waals surface area (Å²) in [6.07, 6.45) is -0.920. The zero-order valence-electron chi connectivity index (χ0n) is 28.4. The molecule has 2 aliphatic rings. The van der Waals surface area contributed by atoms with Gasteiger partial charge in [0.05, 0.1) is 18.1 Å². The maximum Gasteiger partial charge on any atom is 0.393 e. The normalized spacial score (nSPS) is 20.9. The minimum absolute atomic E-state index is 0.0861. The summed E-state index contributed by atoms with van der Waals surface area (Å²) in [7, 11) is -1.59. The van der Waals surface area contributed by atoms with Gasteiger partial charge in [-0.2, -0.15) is 23.4 Å². The molecule has 0 bridgehead atoms. The third-order valence-corrected chi connectivity index (χ3v) is 12.1. The third-order valence-electron chi connectivity index (χ3n) is 10.3. The lowest BCUT2D eigenvalue weighted by molar-refractivity contribution is -0.126. The van der Waals surface area contributed by atoms with Crippen molar-refractivity contribution >= 4 is 54.2 Å². The summed E-state index contributed by atoms with van der Waals surface area (Å²) in [6.45, 7) is 9.55. The fraction of sp³-hybridized carbons (Fsp3) is 0.559. The van der Waals surface area contributed by atoms with Crippen molar-refractivity contribution in [2.24, 2.45) is 11.3 Å². The van der Waals surface area contributed by atoms with Crippen LogP contribution < -0.4 is 15.4 Å². The minimum atomic E-state index is -4.29. The van der Waals surface area contributed by atoms with E-state index < -0.39 is 22.6 Å². The first kappa shape index (κ1) is 35.4. The number of hydrogen-bond acceptors (Lipinski definition) is 9. The number of benzene rings is 1. The minimum Gasteiger partial charge on any atom is -0.367 e. The molecule has 264 valence electrons. The summed E-state index contributed by atoms with van der Waals surface area (Å²) in [6, 6.07) is 10.2. The molecule has 3 aromatic heterocycles. The summed E-state index contributed by atoms with van der Waals surface area (Å²) in [5, 5.41) is 18.2. The lowest BCUT2D eigenvalue weighted by Gasteiger charge is -2.51. The van der Waals surface area contributed by atoms with Gasteiger partial charge >= 0.3 is 6.18 Å². The Kier molecular flexibility index (Phi) is 9.64. The maximum absolute atomic E-state index is 13.1. The standard InChI is InChI=1S/C34H43F3N8O2S2/c1-20(2)33(14-24(15-33)43-49(5,46)47)19-45-25(17-38)12-27-21(3)22(6-7-29(27)45)18-44-10-8-23(9-11-44)40-30-28-13-26(16-34(35,36)37)48-31(28)42-32(39-4)41-30/h6-7,12-13,20,23-24,43H,8-11,14-16,18-19H2,1-5H3,(H2,39,40,41,42). The monoisotopic (exact) mass is 716 g/mol. The van der Waals surface area contributed by atoms with Crippen LogP contribution in [0, 0.1) is 29.6 Å². The number of rotatable bonds is 11. The van der Waals surface area contributed by atoms with E-state index in [0.717, 1.165) is 73.1 Å². The van der Waals surface area contributed by atoms with Gasteiger partial charge in [-0.05, 0) is 73.3 Å². The second kappa shape index (κ2) is 13.4. The Hall–Kier alpha value is -3.45. The number of halogens is 3. The number of piperidine rings is 1. The van der Waals surface area contributed by atoms with Crippen molar-refractivity contribution in [1.29, 1.82) is 5.26 Å². The van der Waals surface area contributed by atoms with E-state index in [9.17, 15) is 26.9 Å². The molecule has 1 saturated carbocycles. The van der Waals surface area contributed by atoms with Gasteiger partial charge in [0.2, 0.25) is 16.0 Å². The quantitative estimate of drug-likeness (QED) is 0.163. The van der Waals surface area contributed by atoms with Crippen LogP contribution in [0.2, 0.25) is 0 Å². The van der Waals surface area contributed by atoms with Gasteiger partial charge in [-0.1, -0.05) is 19.9 Å². The van der Waals surface area contributed by atoms with Crippen LogP contribution in [0.5, 0.6) is 0 Å². The van der Waals surface area contributed by atoms with Crippen molar-refractivity contribution in [2.75, 3.05) is 37.0 Å². The molecular weight excluding hydrogens is 674 g/mol. The number of likely N-dealkylation sites (tertiary alicyclic amines) is 1. The van der Waals surface area contributed by atoms with Crippen molar-refractivity contribution in [1.82, 2.24) is 24.2 Å². The predicted molar refractivity (Wildman–Crippen MR) is 188 cm³/mol. The summed E-state index contributed by atoms with van der Waals surface area (Å²) in [5.41, 5.74) is 3.87. The number of anilines is 2. The van der Waals surface area contributed by atoms with Crippen LogP contribution in [-0.4, -0.2) is 72.5 Å². The molecule has 3 N–H and O–H groups in total. The zero-order valence-corrected chi connectivity index (χ0v) is 30.0. The number of aryl methyl sites for hydroxylation is 1. The summed E-state index contributed by atoms with van der Waals surface area (Å²) in [4.78, 5) is 12.1. The molecule has 4 aromatic rings. The Morgan fingerprint density at radius 3 is 2.45 bits per heavy atom. The molecule has 0 radical (unpaired) electrons. The van der Waals surface area contributed by atoms with E-state index in [1.54, 1.807) is 13.1 Å². The molecule has 49 heavy (non-hydrogen) atoms. The van der Waals surface area contributed by atoms with Crippen LogP contribution in [0.15, 0.2) is 24.3 Å². The predicted octanol–water partition coefficient (Wildman–Crippen LogP) is 6.40. The molecule has 6 rings (SSSR count). The highest BCUT2D eigenvalue weighted by Gasteiger charge is 2.48. The summed E-state index contributed by atoms with van der Waals surface area (Å²) >= 11 is 1.05. The number of alkyl halides is 3. The number of fused-ring (bicyclic) bond motifs is 2. The van der Waals surface area contributed by atoms with Gasteiger partial charge in [-0.15, -0.1) is 11.3 Å². The summed E-state index contributed by atoms with van der Waals surface area (Å²) in [5.74, 6) is 1.24. The van der Waals surface area contributed by atoms with Crippen LogP contribution in [0.4, 0.5) is 24.9 Å². The van der Waals surface area contributed by atoms with E-state index in [1.807, 2.05) is 6.07 Å². The number of aromatic nitrogens is 3. The van der Waals surface area contributed by atoms with E-state index in [1.165, 1.54) is 11.8 Å². The first-order valence-corrected chi connectivity index (χ1v) is 19.3. The van der Waals surface area contributed by atoms with Crippen LogP contribution in [-0.2, 0) is 29.5 Å². The zero-order chi connectivity index (χ0) is 35.3. The van der Waals surface area contributed by atoms with Gasteiger partial charge in [0, 0.05) is 61.1 Å². The largest absolute Gasteiger partial charge is 0.393 e. The Labute approximate surface area is 289 Å².